The Kier molecular flexibility index (Phi) is 9.88. The molecule has 2 heterocycles. The van der Waals surface area contributed by atoms with Crippen LogP contribution < -0.4 is 15.0 Å². The van der Waals surface area contributed by atoms with E-state index < -0.39 is 65.5 Å². The third-order valence-corrected chi connectivity index (χ3v) is 8.58. The molecular formula is C33H38F6N4O5. The zero-order chi connectivity index (χ0) is 36.0. The van der Waals surface area contributed by atoms with Gasteiger partial charge in [0.05, 0.1) is 6.10 Å². The summed E-state index contributed by atoms with van der Waals surface area (Å²) in [4.78, 5) is 44.1. The standard InChI is InChI=1S/C33H38F6N4O5/c1-7-9-22-14-24(31(47,32(34,35)36)33(37,38)39)12-13-26(22)41-16-21(5)42(17-20(41)4)27(44)18-43-28(45)30(6,40-29(43)46)23-10-8-11-25(15-23)48-19(2)3/h7-15,19-21,47H,16-18H2,1-6H3,(H,40,46)/t20?,21-,30+/m0/s1. The highest BCUT2D eigenvalue weighted by atomic mass is 19.4. The maximum Gasteiger partial charge on any atom is 0.430 e. The number of piperazine rings is 1. The molecule has 0 spiro atoms. The predicted octanol–water partition coefficient (Wildman–Crippen LogP) is 5.71. The number of anilines is 1. The Hall–Kier alpha value is -4.27. The number of alkyl halides is 6. The lowest BCUT2D eigenvalue weighted by Gasteiger charge is -2.46. The second-order valence-corrected chi connectivity index (χ2v) is 12.5. The van der Waals surface area contributed by atoms with E-state index in [0.29, 0.717) is 29.1 Å². The van der Waals surface area contributed by atoms with Crippen molar-refractivity contribution in [3.05, 3.63) is 65.2 Å². The van der Waals surface area contributed by atoms with Crippen LogP contribution in [0.2, 0.25) is 0 Å². The number of ether oxygens (including phenoxy) is 1. The number of carbonyl (C=O) groups is 3. The van der Waals surface area contributed by atoms with Crippen LogP contribution in [0.25, 0.3) is 6.08 Å². The Bertz CT molecular complexity index is 1580. The molecule has 0 aromatic heterocycles. The highest BCUT2D eigenvalue weighted by Crippen LogP contribution is 2.50. The van der Waals surface area contributed by atoms with Crippen molar-refractivity contribution in [2.75, 3.05) is 24.5 Å². The Morgan fingerprint density at radius 3 is 2.27 bits per heavy atom. The largest absolute Gasteiger partial charge is 0.491 e. The van der Waals surface area contributed by atoms with Gasteiger partial charge < -0.3 is 25.0 Å². The van der Waals surface area contributed by atoms with Gasteiger partial charge in [-0.05, 0) is 76.9 Å². The molecule has 0 saturated carbocycles. The molecule has 262 valence electrons. The lowest BCUT2D eigenvalue weighted by atomic mass is 9.89. The molecule has 2 fully saturated rings. The van der Waals surface area contributed by atoms with E-state index in [-0.39, 0.29) is 24.8 Å². The molecule has 9 nitrogen and oxygen atoms in total. The molecule has 0 aliphatic carbocycles. The molecule has 3 atom stereocenters. The smallest absolute Gasteiger partial charge is 0.430 e. The SMILES string of the molecule is CC=Cc1cc(C(O)(C(F)(F)F)C(F)(F)F)ccc1N1C[C@H](C)N(C(=O)CN2C(=O)N[C@](C)(c3cccc(OC(C)C)c3)C2=O)CC1C. The highest BCUT2D eigenvalue weighted by Gasteiger charge is 2.71. The minimum Gasteiger partial charge on any atom is -0.491 e. The van der Waals surface area contributed by atoms with Gasteiger partial charge in [-0.25, -0.2) is 4.79 Å². The minimum absolute atomic E-state index is 0.00207. The van der Waals surface area contributed by atoms with Gasteiger partial charge in [0, 0.05) is 36.4 Å². The number of urea groups is 1. The topological polar surface area (TPSA) is 102 Å². The number of amides is 4. The number of allylic oxidation sites excluding steroid dienone is 1. The van der Waals surface area contributed by atoms with Crippen LogP contribution in [0.15, 0.2) is 48.5 Å². The summed E-state index contributed by atoms with van der Waals surface area (Å²) in [5, 5.41) is 12.6. The lowest BCUT2D eigenvalue weighted by molar-refractivity contribution is -0.376. The number of rotatable bonds is 8. The van der Waals surface area contributed by atoms with Gasteiger partial charge in [0.25, 0.3) is 11.5 Å². The third kappa shape index (κ3) is 6.56. The third-order valence-electron chi connectivity index (χ3n) is 8.58. The van der Waals surface area contributed by atoms with Crippen molar-refractivity contribution in [1.82, 2.24) is 15.1 Å². The molecule has 2 saturated heterocycles. The first-order valence-electron chi connectivity index (χ1n) is 15.3. The number of imide groups is 1. The number of benzene rings is 2. The summed E-state index contributed by atoms with van der Waals surface area (Å²) in [6.45, 7) is 9.83. The van der Waals surface area contributed by atoms with Crippen LogP contribution in [0, 0.1) is 0 Å². The molecule has 2 aliphatic rings. The molecule has 15 heteroatoms. The lowest BCUT2D eigenvalue weighted by Crippen LogP contribution is -2.60. The van der Waals surface area contributed by atoms with Crippen molar-refractivity contribution in [3.63, 3.8) is 0 Å². The summed E-state index contributed by atoms with van der Waals surface area (Å²) in [6, 6.07) is 7.29. The van der Waals surface area contributed by atoms with E-state index in [4.69, 9.17) is 4.74 Å². The van der Waals surface area contributed by atoms with Crippen LogP contribution in [-0.4, -0.2) is 82.9 Å². The normalized spacial score (nSPS) is 22.6. The van der Waals surface area contributed by atoms with Crippen LogP contribution in [0.5, 0.6) is 5.75 Å². The number of hydrogen-bond acceptors (Lipinski definition) is 6. The number of nitrogens with one attached hydrogen (secondary N) is 1. The number of halogens is 6. The molecule has 2 aromatic carbocycles. The van der Waals surface area contributed by atoms with Gasteiger partial charge in [0.1, 0.15) is 17.8 Å². The van der Waals surface area contributed by atoms with E-state index in [1.807, 2.05) is 13.8 Å². The maximum absolute atomic E-state index is 13.6. The fraction of sp³-hybridized carbons (Fsp3) is 0.485. The Morgan fingerprint density at radius 1 is 1.04 bits per heavy atom. The first-order valence-corrected chi connectivity index (χ1v) is 15.3. The van der Waals surface area contributed by atoms with E-state index in [0.717, 1.165) is 11.0 Å². The summed E-state index contributed by atoms with van der Waals surface area (Å²) >= 11 is 0. The Labute approximate surface area is 274 Å². The summed E-state index contributed by atoms with van der Waals surface area (Å²) in [6.07, 6.45) is -9.43. The van der Waals surface area contributed by atoms with Gasteiger partial charge in [0.2, 0.25) is 5.91 Å². The van der Waals surface area contributed by atoms with Crippen LogP contribution in [0.3, 0.4) is 0 Å². The van der Waals surface area contributed by atoms with E-state index in [9.17, 15) is 45.8 Å². The predicted molar refractivity (Wildman–Crippen MR) is 165 cm³/mol. The van der Waals surface area contributed by atoms with Gasteiger partial charge in [-0.3, -0.25) is 14.5 Å². The molecule has 48 heavy (non-hydrogen) atoms. The van der Waals surface area contributed by atoms with Crippen molar-refractivity contribution in [2.24, 2.45) is 0 Å². The summed E-state index contributed by atoms with van der Waals surface area (Å²) in [5.41, 5.74) is -7.15. The average molecular weight is 685 g/mol. The van der Waals surface area contributed by atoms with Gasteiger partial charge in [0.15, 0.2) is 0 Å². The van der Waals surface area contributed by atoms with Crippen molar-refractivity contribution in [3.8, 4) is 5.75 Å². The van der Waals surface area contributed by atoms with Crippen LogP contribution >= 0.6 is 0 Å². The molecule has 0 radical (unpaired) electrons. The first-order chi connectivity index (χ1) is 22.1. The van der Waals surface area contributed by atoms with Gasteiger partial charge in [-0.15, -0.1) is 0 Å². The van der Waals surface area contributed by atoms with Crippen molar-refractivity contribution in [2.45, 2.75) is 83.2 Å². The molecule has 4 rings (SSSR count). The summed E-state index contributed by atoms with van der Waals surface area (Å²) in [7, 11) is 0. The second kappa shape index (κ2) is 13.0. The van der Waals surface area contributed by atoms with Crippen LogP contribution in [0.1, 0.15) is 58.2 Å². The van der Waals surface area contributed by atoms with Gasteiger partial charge in [-0.2, -0.15) is 26.3 Å². The van der Waals surface area contributed by atoms with Crippen molar-refractivity contribution in [1.29, 1.82) is 0 Å². The molecule has 2 aromatic rings. The summed E-state index contributed by atoms with van der Waals surface area (Å²) in [5.74, 6) is -0.650. The van der Waals surface area contributed by atoms with Crippen LogP contribution in [0.4, 0.5) is 36.8 Å². The van der Waals surface area contributed by atoms with Crippen LogP contribution in [-0.2, 0) is 20.7 Å². The molecule has 2 aliphatic heterocycles. The second-order valence-electron chi connectivity index (χ2n) is 12.5. The number of aliphatic hydroxyl groups is 1. The zero-order valence-corrected chi connectivity index (χ0v) is 27.2. The quantitative estimate of drug-likeness (QED) is 0.273. The number of hydrogen-bond donors (Lipinski definition) is 2. The van der Waals surface area contributed by atoms with Gasteiger partial charge in [-0.1, -0.05) is 30.4 Å². The van der Waals surface area contributed by atoms with E-state index in [1.54, 1.807) is 43.0 Å². The number of carbonyl (C=O) groups excluding carboxylic acids is 3. The van der Waals surface area contributed by atoms with Crippen molar-refractivity contribution < 1.29 is 50.6 Å². The Morgan fingerprint density at radius 2 is 1.69 bits per heavy atom. The Balaban J connectivity index is 1.54. The number of nitrogens with zero attached hydrogens (tertiary/aromatic N) is 3. The molecule has 0 bridgehead atoms. The molecule has 4 amide bonds. The monoisotopic (exact) mass is 684 g/mol. The van der Waals surface area contributed by atoms with E-state index in [2.05, 4.69) is 5.32 Å². The fourth-order valence-electron chi connectivity index (χ4n) is 6.07. The molecular weight excluding hydrogens is 646 g/mol. The average Bonchev–Trinajstić information content (AvgIpc) is 3.20. The highest BCUT2D eigenvalue weighted by molar-refractivity contribution is 6.09. The van der Waals surface area contributed by atoms with E-state index in [1.165, 1.54) is 30.9 Å². The van der Waals surface area contributed by atoms with Crippen molar-refractivity contribution >= 4 is 29.6 Å². The fourth-order valence-corrected chi connectivity index (χ4v) is 6.07. The first kappa shape index (κ1) is 36.6. The minimum atomic E-state index is -6.04. The van der Waals surface area contributed by atoms with E-state index >= 15 is 0 Å². The summed E-state index contributed by atoms with van der Waals surface area (Å²) < 4.78 is 87.2. The molecule has 2 N–H and O–H groups in total. The van der Waals surface area contributed by atoms with Gasteiger partial charge >= 0.3 is 18.4 Å². The molecule has 1 unspecified atom stereocenters. The maximum atomic E-state index is 13.6. The zero-order valence-electron chi connectivity index (χ0n) is 27.2.